The van der Waals surface area contributed by atoms with Gasteiger partial charge < -0.3 is 19.5 Å². The smallest absolute Gasteiger partial charge is 0.278 e. The first kappa shape index (κ1) is 20.3. The Morgan fingerprint density at radius 1 is 0.931 bits per heavy atom. The lowest BCUT2D eigenvalue weighted by Gasteiger charge is -2.15. The maximum Gasteiger partial charge on any atom is 0.278 e. The van der Waals surface area contributed by atoms with E-state index in [2.05, 4.69) is 5.32 Å². The van der Waals surface area contributed by atoms with E-state index in [0.717, 1.165) is 4.90 Å². The zero-order chi connectivity index (χ0) is 21.0. The Balaban J connectivity index is 2.06. The highest BCUT2D eigenvalue weighted by molar-refractivity contribution is 6.36. The number of benzene rings is 2. The van der Waals surface area contributed by atoms with Crippen LogP contribution in [0.2, 0.25) is 0 Å². The van der Waals surface area contributed by atoms with Crippen molar-refractivity contribution >= 4 is 23.1 Å². The summed E-state index contributed by atoms with van der Waals surface area (Å²) >= 11 is 0. The number of hydrogen-bond donors (Lipinski definition) is 1. The Morgan fingerprint density at radius 2 is 1.55 bits per heavy atom. The third-order valence-corrected chi connectivity index (χ3v) is 4.44. The molecule has 8 heteroatoms. The molecule has 1 heterocycles. The molecule has 0 saturated carbocycles. The summed E-state index contributed by atoms with van der Waals surface area (Å²) in [5, 5.41) is 3.01. The molecular formula is C21H21FN2O5. The number of methoxy groups -OCH3 is 3. The quantitative estimate of drug-likeness (QED) is 0.687. The van der Waals surface area contributed by atoms with Crippen LogP contribution in [-0.4, -0.2) is 51.2 Å². The van der Waals surface area contributed by atoms with Gasteiger partial charge in [-0.3, -0.25) is 14.5 Å². The molecule has 1 aliphatic heterocycles. The standard InChI is InChI=1S/C21H21FN2O5/c1-27-9-8-24-20(25)18(13-4-6-14(22)7-5-13)19(21(24)26)23-15-10-16(28-2)12-17(11-15)29-3/h4-7,10-12,23H,8-9H2,1-3H3. The van der Waals surface area contributed by atoms with Crippen molar-refractivity contribution in [1.29, 1.82) is 0 Å². The van der Waals surface area contributed by atoms with Crippen LogP contribution >= 0.6 is 0 Å². The highest BCUT2D eigenvalue weighted by Gasteiger charge is 2.39. The second-order valence-electron chi connectivity index (χ2n) is 6.24. The SMILES string of the molecule is COCCN1C(=O)C(Nc2cc(OC)cc(OC)c2)=C(c2ccc(F)cc2)C1=O. The molecule has 152 valence electrons. The molecule has 2 amide bonds. The Labute approximate surface area is 167 Å². The summed E-state index contributed by atoms with van der Waals surface area (Å²) in [6.45, 7) is 0.305. The van der Waals surface area contributed by atoms with Crippen molar-refractivity contribution in [3.05, 3.63) is 59.5 Å². The lowest BCUT2D eigenvalue weighted by Crippen LogP contribution is -2.35. The third-order valence-electron chi connectivity index (χ3n) is 4.44. The van der Waals surface area contributed by atoms with Gasteiger partial charge in [-0.15, -0.1) is 0 Å². The van der Waals surface area contributed by atoms with Gasteiger partial charge in [0.1, 0.15) is 23.0 Å². The molecule has 0 bridgehead atoms. The van der Waals surface area contributed by atoms with E-state index in [1.165, 1.54) is 45.6 Å². The Morgan fingerprint density at radius 3 is 2.10 bits per heavy atom. The molecule has 0 spiro atoms. The molecule has 3 rings (SSSR count). The van der Waals surface area contributed by atoms with Crippen molar-refractivity contribution in [1.82, 2.24) is 4.90 Å². The van der Waals surface area contributed by atoms with Crippen LogP contribution in [0.5, 0.6) is 11.5 Å². The fraction of sp³-hybridized carbons (Fsp3) is 0.238. The highest BCUT2D eigenvalue weighted by atomic mass is 19.1. The first-order valence-corrected chi connectivity index (χ1v) is 8.84. The predicted molar refractivity (Wildman–Crippen MR) is 105 cm³/mol. The summed E-state index contributed by atoms with van der Waals surface area (Å²) in [4.78, 5) is 27.0. The van der Waals surface area contributed by atoms with Crippen molar-refractivity contribution in [2.45, 2.75) is 0 Å². The number of hydrogen-bond acceptors (Lipinski definition) is 6. The van der Waals surface area contributed by atoms with Crippen LogP contribution in [0.4, 0.5) is 10.1 Å². The topological polar surface area (TPSA) is 77.1 Å². The summed E-state index contributed by atoms with van der Waals surface area (Å²) in [5.41, 5.74) is 1.19. The van der Waals surface area contributed by atoms with E-state index in [1.54, 1.807) is 18.2 Å². The van der Waals surface area contributed by atoms with Crippen LogP contribution in [0.3, 0.4) is 0 Å². The summed E-state index contributed by atoms with van der Waals surface area (Å²) in [6, 6.07) is 10.4. The lowest BCUT2D eigenvalue weighted by atomic mass is 10.0. The van der Waals surface area contributed by atoms with Crippen molar-refractivity contribution in [2.24, 2.45) is 0 Å². The molecule has 29 heavy (non-hydrogen) atoms. The summed E-state index contributed by atoms with van der Waals surface area (Å²) in [5.74, 6) is -0.369. The molecule has 2 aromatic rings. The fourth-order valence-corrected chi connectivity index (χ4v) is 2.99. The first-order valence-electron chi connectivity index (χ1n) is 8.84. The third kappa shape index (κ3) is 4.22. The van der Waals surface area contributed by atoms with Gasteiger partial charge in [0.15, 0.2) is 0 Å². The zero-order valence-electron chi connectivity index (χ0n) is 16.3. The van der Waals surface area contributed by atoms with Crippen molar-refractivity contribution in [3.8, 4) is 11.5 Å². The summed E-state index contributed by atoms with van der Waals surface area (Å²) < 4.78 is 28.9. The maximum absolute atomic E-state index is 13.4. The van der Waals surface area contributed by atoms with Gasteiger partial charge in [0.2, 0.25) is 0 Å². The van der Waals surface area contributed by atoms with E-state index < -0.39 is 17.6 Å². The van der Waals surface area contributed by atoms with Gasteiger partial charge in [-0.25, -0.2) is 4.39 Å². The Hall–Kier alpha value is -3.39. The number of carbonyl (C=O) groups excluding carboxylic acids is 2. The minimum absolute atomic E-state index is 0.0908. The Bertz CT molecular complexity index is 934. The van der Waals surface area contributed by atoms with E-state index in [9.17, 15) is 14.0 Å². The molecule has 2 aromatic carbocycles. The maximum atomic E-state index is 13.4. The molecule has 7 nitrogen and oxygen atoms in total. The highest BCUT2D eigenvalue weighted by Crippen LogP contribution is 2.33. The van der Waals surface area contributed by atoms with E-state index in [-0.39, 0.29) is 24.4 Å². The van der Waals surface area contributed by atoms with Crippen molar-refractivity contribution in [3.63, 3.8) is 0 Å². The molecule has 0 saturated heterocycles. The number of carbonyl (C=O) groups is 2. The average molecular weight is 400 g/mol. The molecule has 0 aliphatic carbocycles. The van der Waals surface area contributed by atoms with Gasteiger partial charge in [0.05, 0.1) is 32.9 Å². The number of imide groups is 1. The van der Waals surface area contributed by atoms with Gasteiger partial charge in [-0.2, -0.15) is 0 Å². The summed E-state index contributed by atoms with van der Waals surface area (Å²) in [7, 11) is 4.51. The predicted octanol–water partition coefficient (Wildman–Crippen LogP) is 2.68. The van der Waals surface area contributed by atoms with E-state index in [0.29, 0.717) is 22.7 Å². The van der Waals surface area contributed by atoms with Crippen LogP contribution in [0.25, 0.3) is 5.57 Å². The second kappa shape index (κ2) is 8.74. The van der Waals surface area contributed by atoms with Crippen LogP contribution in [0.15, 0.2) is 48.2 Å². The van der Waals surface area contributed by atoms with Gasteiger partial charge in [-0.05, 0) is 17.7 Å². The molecule has 1 aliphatic rings. The summed E-state index contributed by atoms with van der Waals surface area (Å²) in [6.07, 6.45) is 0. The lowest BCUT2D eigenvalue weighted by molar-refractivity contribution is -0.137. The number of ether oxygens (including phenoxy) is 3. The van der Waals surface area contributed by atoms with Crippen LogP contribution in [-0.2, 0) is 14.3 Å². The van der Waals surface area contributed by atoms with Gasteiger partial charge in [0.25, 0.3) is 11.8 Å². The van der Waals surface area contributed by atoms with E-state index >= 15 is 0 Å². The zero-order valence-corrected chi connectivity index (χ0v) is 16.3. The van der Waals surface area contributed by atoms with Crippen molar-refractivity contribution < 1.29 is 28.2 Å². The fourth-order valence-electron chi connectivity index (χ4n) is 2.99. The van der Waals surface area contributed by atoms with Crippen LogP contribution in [0, 0.1) is 5.82 Å². The number of anilines is 1. The first-order chi connectivity index (χ1) is 14.0. The largest absolute Gasteiger partial charge is 0.497 e. The number of nitrogens with one attached hydrogen (secondary N) is 1. The van der Waals surface area contributed by atoms with Crippen molar-refractivity contribution in [2.75, 3.05) is 39.8 Å². The van der Waals surface area contributed by atoms with Crippen LogP contribution in [0.1, 0.15) is 5.56 Å². The van der Waals surface area contributed by atoms with Gasteiger partial charge >= 0.3 is 0 Å². The van der Waals surface area contributed by atoms with Crippen LogP contribution < -0.4 is 14.8 Å². The van der Waals surface area contributed by atoms with E-state index in [1.807, 2.05) is 0 Å². The average Bonchev–Trinajstić information content (AvgIpc) is 2.96. The van der Waals surface area contributed by atoms with Gasteiger partial charge in [0, 0.05) is 31.0 Å². The Kier molecular flexibility index (Phi) is 6.13. The number of nitrogens with zero attached hydrogens (tertiary/aromatic N) is 1. The van der Waals surface area contributed by atoms with E-state index in [4.69, 9.17) is 14.2 Å². The number of halogens is 1. The number of amides is 2. The second-order valence-corrected chi connectivity index (χ2v) is 6.24. The molecule has 0 atom stereocenters. The van der Waals surface area contributed by atoms with Gasteiger partial charge in [-0.1, -0.05) is 12.1 Å². The molecular weight excluding hydrogens is 379 g/mol. The molecule has 0 radical (unpaired) electrons. The molecule has 1 N–H and O–H groups in total. The minimum Gasteiger partial charge on any atom is -0.497 e. The minimum atomic E-state index is -0.492. The number of rotatable bonds is 8. The molecule has 0 fully saturated rings. The molecule has 0 aromatic heterocycles. The monoisotopic (exact) mass is 400 g/mol. The normalized spacial score (nSPS) is 13.9. The molecule has 0 unspecified atom stereocenters.